The van der Waals surface area contributed by atoms with E-state index in [9.17, 15) is 22.4 Å². The van der Waals surface area contributed by atoms with E-state index in [0.29, 0.717) is 0 Å². The smallest absolute Gasteiger partial charge is 0.398 e. The van der Waals surface area contributed by atoms with Gasteiger partial charge in [0.2, 0.25) is 0 Å². The van der Waals surface area contributed by atoms with Crippen molar-refractivity contribution in [3.05, 3.63) is 59.4 Å². The highest BCUT2D eigenvalue weighted by atomic mass is 19.4. The van der Waals surface area contributed by atoms with Crippen LogP contribution in [-0.2, 0) is 6.18 Å². The lowest BCUT2D eigenvalue weighted by Gasteiger charge is -2.12. The molecule has 2 aromatic carbocycles. The molecule has 1 amide bonds. The lowest BCUT2D eigenvalue weighted by atomic mass is 10.1. The number of alkyl halides is 3. The molecule has 0 fully saturated rings. The molecule has 0 heterocycles. The van der Waals surface area contributed by atoms with Gasteiger partial charge in [-0.3, -0.25) is 4.79 Å². The van der Waals surface area contributed by atoms with Gasteiger partial charge in [-0.2, -0.15) is 13.2 Å². The van der Waals surface area contributed by atoms with E-state index in [2.05, 4.69) is 5.32 Å². The Bertz CT molecular complexity index is 683. The maximum atomic E-state index is 13.0. The van der Waals surface area contributed by atoms with Crippen molar-refractivity contribution >= 4 is 17.3 Å². The van der Waals surface area contributed by atoms with Crippen LogP contribution in [0.5, 0.6) is 0 Å². The predicted octanol–water partition coefficient (Wildman–Crippen LogP) is 3.68. The molecule has 0 saturated carbocycles. The minimum absolute atomic E-state index is 0.000355. The molecule has 21 heavy (non-hydrogen) atoms. The van der Waals surface area contributed by atoms with E-state index in [1.54, 1.807) is 0 Å². The van der Waals surface area contributed by atoms with Crippen LogP contribution < -0.4 is 11.1 Å². The molecule has 110 valence electrons. The Morgan fingerprint density at radius 2 is 1.81 bits per heavy atom. The number of anilines is 2. The fourth-order valence-electron chi connectivity index (χ4n) is 1.71. The van der Waals surface area contributed by atoms with Crippen LogP contribution in [0.15, 0.2) is 42.5 Å². The van der Waals surface area contributed by atoms with E-state index >= 15 is 0 Å². The summed E-state index contributed by atoms with van der Waals surface area (Å²) in [6, 6.07) is 7.83. The van der Waals surface area contributed by atoms with Crippen LogP contribution in [0.4, 0.5) is 28.9 Å². The SMILES string of the molecule is Nc1ccc(NC(=O)c2cccc(F)c2)cc1C(F)(F)F. The van der Waals surface area contributed by atoms with Crippen molar-refractivity contribution in [2.75, 3.05) is 11.1 Å². The van der Waals surface area contributed by atoms with Crippen molar-refractivity contribution in [1.29, 1.82) is 0 Å². The molecular weight excluding hydrogens is 288 g/mol. The second-order valence-electron chi connectivity index (χ2n) is 4.26. The molecule has 0 saturated heterocycles. The lowest BCUT2D eigenvalue weighted by Crippen LogP contribution is -2.14. The van der Waals surface area contributed by atoms with Crippen molar-refractivity contribution in [3.63, 3.8) is 0 Å². The van der Waals surface area contributed by atoms with Crippen molar-refractivity contribution in [3.8, 4) is 0 Å². The minimum atomic E-state index is -4.62. The van der Waals surface area contributed by atoms with Gasteiger partial charge in [0.05, 0.1) is 5.56 Å². The van der Waals surface area contributed by atoms with E-state index < -0.39 is 29.2 Å². The molecule has 3 N–H and O–H groups in total. The predicted molar refractivity (Wildman–Crippen MR) is 70.2 cm³/mol. The Morgan fingerprint density at radius 3 is 2.43 bits per heavy atom. The lowest BCUT2D eigenvalue weighted by molar-refractivity contribution is -0.136. The number of benzene rings is 2. The van der Waals surface area contributed by atoms with E-state index in [0.717, 1.165) is 24.3 Å². The topological polar surface area (TPSA) is 55.1 Å². The number of nitrogen functional groups attached to an aromatic ring is 1. The number of carbonyl (C=O) groups excluding carboxylic acids is 1. The van der Waals surface area contributed by atoms with E-state index in [1.165, 1.54) is 18.2 Å². The normalized spacial score (nSPS) is 11.2. The molecule has 2 aromatic rings. The fourth-order valence-corrected chi connectivity index (χ4v) is 1.71. The van der Waals surface area contributed by atoms with Crippen molar-refractivity contribution in [2.45, 2.75) is 6.18 Å². The Labute approximate surface area is 117 Å². The number of rotatable bonds is 2. The molecule has 0 aliphatic heterocycles. The van der Waals surface area contributed by atoms with Crippen LogP contribution in [0, 0.1) is 5.82 Å². The van der Waals surface area contributed by atoms with Crippen molar-refractivity contribution in [1.82, 2.24) is 0 Å². The van der Waals surface area contributed by atoms with E-state index in [-0.39, 0.29) is 11.3 Å². The Balaban J connectivity index is 2.26. The van der Waals surface area contributed by atoms with Gasteiger partial charge < -0.3 is 11.1 Å². The number of nitrogens with one attached hydrogen (secondary N) is 1. The van der Waals surface area contributed by atoms with Crippen LogP contribution in [0.1, 0.15) is 15.9 Å². The fraction of sp³-hybridized carbons (Fsp3) is 0.0714. The van der Waals surface area contributed by atoms with Crippen LogP contribution in [-0.4, -0.2) is 5.91 Å². The Hall–Kier alpha value is -2.57. The molecular formula is C14H10F4N2O. The van der Waals surface area contributed by atoms with Gasteiger partial charge >= 0.3 is 6.18 Å². The standard InChI is InChI=1S/C14H10F4N2O/c15-9-3-1-2-8(6-9)13(21)20-10-4-5-12(19)11(7-10)14(16,17)18/h1-7H,19H2,(H,20,21). The Morgan fingerprint density at radius 1 is 1.10 bits per heavy atom. The summed E-state index contributed by atoms with van der Waals surface area (Å²) in [5.41, 5.74) is 3.70. The highest BCUT2D eigenvalue weighted by Crippen LogP contribution is 2.35. The molecule has 0 aromatic heterocycles. The van der Waals surface area contributed by atoms with Gasteiger partial charge in [0.1, 0.15) is 5.82 Å². The molecule has 2 rings (SSSR count). The van der Waals surface area contributed by atoms with Crippen LogP contribution in [0.3, 0.4) is 0 Å². The van der Waals surface area contributed by atoms with E-state index in [4.69, 9.17) is 5.73 Å². The molecule has 7 heteroatoms. The number of hydrogen-bond donors (Lipinski definition) is 2. The van der Waals surface area contributed by atoms with Crippen LogP contribution in [0.2, 0.25) is 0 Å². The first kappa shape index (κ1) is 14.8. The van der Waals surface area contributed by atoms with Crippen LogP contribution >= 0.6 is 0 Å². The van der Waals surface area contributed by atoms with Gasteiger partial charge in [-0.25, -0.2) is 4.39 Å². The van der Waals surface area contributed by atoms with Gasteiger partial charge in [0.15, 0.2) is 0 Å². The zero-order valence-corrected chi connectivity index (χ0v) is 10.5. The second-order valence-corrected chi connectivity index (χ2v) is 4.26. The van der Waals surface area contributed by atoms with Gasteiger partial charge in [-0.1, -0.05) is 6.07 Å². The second kappa shape index (κ2) is 5.43. The van der Waals surface area contributed by atoms with Crippen LogP contribution in [0.25, 0.3) is 0 Å². The van der Waals surface area contributed by atoms with Crippen molar-refractivity contribution in [2.24, 2.45) is 0 Å². The minimum Gasteiger partial charge on any atom is -0.398 e. The quantitative estimate of drug-likeness (QED) is 0.656. The largest absolute Gasteiger partial charge is 0.418 e. The van der Waals surface area contributed by atoms with Gasteiger partial charge in [0.25, 0.3) is 5.91 Å². The molecule has 0 spiro atoms. The van der Waals surface area contributed by atoms with E-state index in [1.807, 2.05) is 0 Å². The molecule has 0 unspecified atom stereocenters. The number of halogens is 4. The summed E-state index contributed by atoms with van der Waals surface area (Å²) in [7, 11) is 0. The summed E-state index contributed by atoms with van der Waals surface area (Å²) < 4.78 is 51.1. The van der Waals surface area contributed by atoms with Gasteiger partial charge in [0, 0.05) is 16.9 Å². The number of nitrogens with two attached hydrogens (primary N) is 1. The average Bonchev–Trinajstić information content (AvgIpc) is 2.39. The molecule has 3 nitrogen and oxygen atoms in total. The number of hydrogen-bond acceptors (Lipinski definition) is 2. The molecule has 0 atom stereocenters. The third kappa shape index (κ3) is 3.50. The highest BCUT2D eigenvalue weighted by molar-refractivity contribution is 6.04. The van der Waals surface area contributed by atoms with Crippen molar-refractivity contribution < 1.29 is 22.4 Å². The third-order valence-corrected chi connectivity index (χ3v) is 2.70. The Kier molecular flexibility index (Phi) is 3.84. The highest BCUT2D eigenvalue weighted by Gasteiger charge is 2.33. The summed E-state index contributed by atoms with van der Waals surface area (Å²) >= 11 is 0. The maximum absolute atomic E-state index is 13.0. The van der Waals surface area contributed by atoms with Gasteiger partial charge in [-0.15, -0.1) is 0 Å². The average molecular weight is 298 g/mol. The van der Waals surface area contributed by atoms with Gasteiger partial charge in [-0.05, 0) is 36.4 Å². The first-order chi connectivity index (χ1) is 9.77. The molecule has 0 aliphatic carbocycles. The maximum Gasteiger partial charge on any atom is 0.418 e. The summed E-state index contributed by atoms with van der Waals surface area (Å²) in [6.45, 7) is 0. The summed E-state index contributed by atoms with van der Waals surface area (Å²) in [5.74, 6) is -1.33. The molecule has 0 radical (unpaired) electrons. The third-order valence-electron chi connectivity index (χ3n) is 2.70. The molecule has 0 aliphatic rings. The number of carbonyl (C=O) groups is 1. The first-order valence-electron chi connectivity index (χ1n) is 5.81. The monoisotopic (exact) mass is 298 g/mol. The summed E-state index contributed by atoms with van der Waals surface area (Å²) in [6.07, 6.45) is -4.62. The number of amides is 1. The zero-order chi connectivity index (χ0) is 15.6. The summed E-state index contributed by atoms with van der Waals surface area (Å²) in [4.78, 5) is 11.8. The first-order valence-corrected chi connectivity index (χ1v) is 5.81. The zero-order valence-electron chi connectivity index (χ0n) is 10.5. The summed E-state index contributed by atoms with van der Waals surface area (Å²) in [5, 5.41) is 2.26. The molecule has 0 bridgehead atoms.